The standard InChI is InChI=1S/C16H29N5O2/c1-11(9-23-14-6-7-22-10-14)19-16(17-4)18-8-15-12(2)20-21(5)13(15)3/h11,14H,6-10H2,1-5H3,(H2,17,18,19). The fourth-order valence-corrected chi connectivity index (χ4v) is 2.64. The van der Waals surface area contributed by atoms with Gasteiger partial charge in [-0.2, -0.15) is 5.10 Å². The molecule has 23 heavy (non-hydrogen) atoms. The minimum absolute atomic E-state index is 0.179. The number of hydrogen-bond donors (Lipinski definition) is 2. The molecule has 1 aromatic rings. The van der Waals surface area contributed by atoms with Gasteiger partial charge in [-0.1, -0.05) is 0 Å². The van der Waals surface area contributed by atoms with Crippen LogP contribution in [0.15, 0.2) is 4.99 Å². The van der Waals surface area contributed by atoms with Crippen molar-refractivity contribution >= 4 is 5.96 Å². The minimum atomic E-state index is 0.179. The molecule has 2 N–H and O–H groups in total. The predicted molar refractivity (Wildman–Crippen MR) is 90.7 cm³/mol. The summed E-state index contributed by atoms with van der Waals surface area (Å²) in [4.78, 5) is 4.28. The third-order valence-corrected chi connectivity index (χ3v) is 4.17. The summed E-state index contributed by atoms with van der Waals surface area (Å²) in [5, 5.41) is 11.1. The van der Waals surface area contributed by atoms with Crippen LogP contribution in [0.5, 0.6) is 0 Å². The zero-order valence-electron chi connectivity index (χ0n) is 14.8. The van der Waals surface area contributed by atoms with Crippen molar-refractivity contribution in [2.75, 3.05) is 26.9 Å². The van der Waals surface area contributed by atoms with Crippen LogP contribution in [0, 0.1) is 13.8 Å². The SMILES string of the molecule is CN=C(NCc1c(C)nn(C)c1C)NC(C)COC1CCOC1. The van der Waals surface area contributed by atoms with Crippen molar-refractivity contribution in [3.63, 3.8) is 0 Å². The smallest absolute Gasteiger partial charge is 0.191 e. The molecule has 0 saturated carbocycles. The maximum atomic E-state index is 5.83. The minimum Gasteiger partial charge on any atom is -0.379 e. The molecule has 0 radical (unpaired) electrons. The third-order valence-electron chi connectivity index (χ3n) is 4.17. The molecule has 0 spiro atoms. The van der Waals surface area contributed by atoms with Gasteiger partial charge in [0.2, 0.25) is 0 Å². The van der Waals surface area contributed by atoms with Crippen LogP contribution >= 0.6 is 0 Å². The van der Waals surface area contributed by atoms with E-state index in [9.17, 15) is 0 Å². The number of nitrogens with zero attached hydrogens (tertiary/aromatic N) is 3. The highest BCUT2D eigenvalue weighted by atomic mass is 16.5. The lowest BCUT2D eigenvalue weighted by Crippen LogP contribution is -2.44. The number of hydrogen-bond acceptors (Lipinski definition) is 4. The fraction of sp³-hybridized carbons (Fsp3) is 0.750. The van der Waals surface area contributed by atoms with Crippen LogP contribution in [0.25, 0.3) is 0 Å². The lowest BCUT2D eigenvalue weighted by molar-refractivity contribution is 0.0347. The monoisotopic (exact) mass is 323 g/mol. The quantitative estimate of drug-likeness (QED) is 0.601. The number of aryl methyl sites for hydroxylation is 2. The molecule has 1 aliphatic rings. The van der Waals surface area contributed by atoms with Crippen LogP contribution in [0.1, 0.15) is 30.3 Å². The summed E-state index contributed by atoms with van der Waals surface area (Å²) in [7, 11) is 3.74. The van der Waals surface area contributed by atoms with Crippen molar-refractivity contribution in [3.05, 3.63) is 17.0 Å². The van der Waals surface area contributed by atoms with Gasteiger partial charge < -0.3 is 20.1 Å². The van der Waals surface area contributed by atoms with Gasteiger partial charge in [0.25, 0.3) is 0 Å². The van der Waals surface area contributed by atoms with Gasteiger partial charge in [-0.25, -0.2) is 0 Å². The summed E-state index contributed by atoms with van der Waals surface area (Å²) in [6.07, 6.45) is 1.22. The van der Waals surface area contributed by atoms with E-state index in [1.807, 2.05) is 18.7 Å². The maximum Gasteiger partial charge on any atom is 0.191 e. The third kappa shape index (κ3) is 4.94. The van der Waals surface area contributed by atoms with Crippen molar-refractivity contribution in [2.24, 2.45) is 12.0 Å². The first-order chi connectivity index (χ1) is 11.0. The normalized spacial score (nSPS) is 19.9. The Hall–Kier alpha value is -1.60. The molecule has 1 saturated heterocycles. The molecule has 1 fully saturated rings. The van der Waals surface area contributed by atoms with Crippen molar-refractivity contribution in [1.29, 1.82) is 0 Å². The molecule has 2 rings (SSSR count). The van der Waals surface area contributed by atoms with E-state index in [1.54, 1.807) is 7.05 Å². The molecular formula is C16H29N5O2. The van der Waals surface area contributed by atoms with E-state index in [1.165, 1.54) is 11.3 Å². The average Bonchev–Trinajstić information content (AvgIpc) is 3.12. The lowest BCUT2D eigenvalue weighted by Gasteiger charge is -2.19. The second-order valence-corrected chi connectivity index (χ2v) is 6.06. The highest BCUT2D eigenvalue weighted by Gasteiger charge is 2.17. The largest absolute Gasteiger partial charge is 0.379 e. The number of rotatable bonds is 6. The van der Waals surface area contributed by atoms with Crippen molar-refractivity contribution in [2.45, 2.75) is 45.9 Å². The zero-order valence-corrected chi connectivity index (χ0v) is 14.8. The van der Waals surface area contributed by atoms with E-state index in [4.69, 9.17) is 9.47 Å². The van der Waals surface area contributed by atoms with Crippen LogP contribution < -0.4 is 10.6 Å². The van der Waals surface area contributed by atoms with E-state index >= 15 is 0 Å². The van der Waals surface area contributed by atoms with Gasteiger partial charge in [-0.05, 0) is 27.2 Å². The summed E-state index contributed by atoms with van der Waals surface area (Å²) in [5.74, 6) is 0.770. The van der Waals surface area contributed by atoms with Gasteiger partial charge >= 0.3 is 0 Å². The molecule has 2 atom stereocenters. The summed E-state index contributed by atoms with van der Waals surface area (Å²) in [5.41, 5.74) is 3.43. The van der Waals surface area contributed by atoms with Crippen LogP contribution in [-0.4, -0.2) is 54.8 Å². The number of guanidine groups is 1. The topological polar surface area (TPSA) is 72.7 Å². The number of ether oxygens (including phenoxy) is 2. The van der Waals surface area contributed by atoms with Crippen LogP contribution in [0.4, 0.5) is 0 Å². The molecule has 1 aromatic heterocycles. The Balaban J connectivity index is 1.78. The molecule has 2 unspecified atom stereocenters. The molecule has 7 nitrogen and oxygen atoms in total. The molecule has 7 heteroatoms. The van der Waals surface area contributed by atoms with E-state index in [0.717, 1.165) is 24.7 Å². The number of aliphatic imine (C=N–C) groups is 1. The van der Waals surface area contributed by atoms with Gasteiger partial charge in [0, 0.05) is 44.5 Å². The maximum absolute atomic E-state index is 5.83. The highest BCUT2D eigenvalue weighted by molar-refractivity contribution is 5.79. The first kappa shape index (κ1) is 17.7. The second-order valence-electron chi connectivity index (χ2n) is 6.06. The Kier molecular flexibility index (Phi) is 6.41. The Morgan fingerprint density at radius 2 is 2.30 bits per heavy atom. The van der Waals surface area contributed by atoms with Gasteiger partial charge in [0.1, 0.15) is 0 Å². The molecular weight excluding hydrogens is 294 g/mol. The Morgan fingerprint density at radius 3 is 2.87 bits per heavy atom. The van der Waals surface area contributed by atoms with E-state index in [-0.39, 0.29) is 12.1 Å². The van der Waals surface area contributed by atoms with Gasteiger partial charge in [0.15, 0.2) is 5.96 Å². The van der Waals surface area contributed by atoms with Crippen molar-refractivity contribution < 1.29 is 9.47 Å². The molecule has 0 aromatic carbocycles. The molecule has 0 amide bonds. The fourth-order valence-electron chi connectivity index (χ4n) is 2.64. The summed E-state index contributed by atoms with van der Waals surface area (Å²) >= 11 is 0. The average molecular weight is 323 g/mol. The second kappa shape index (κ2) is 8.31. The number of aromatic nitrogens is 2. The Bertz CT molecular complexity index is 535. The van der Waals surface area contributed by atoms with Crippen molar-refractivity contribution in [1.82, 2.24) is 20.4 Å². The first-order valence-electron chi connectivity index (χ1n) is 8.16. The van der Waals surface area contributed by atoms with E-state index in [0.29, 0.717) is 19.8 Å². The molecule has 2 heterocycles. The van der Waals surface area contributed by atoms with Crippen molar-refractivity contribution in [3.8, 4) is 0 Å². The molecule has 130 valence electrons. The summed E-state index contributed by atoms with van der Waals surface area (Å²) in [6.45, 7) is 9.05. The van der Waals surface area contributed by atoms with Crippen LogP contribution in [0.2, 0.25) is 0 Å². The predicted octanol–water partition coefficient (Wildman–Crippen LogP) is 0.896. The molecule has 0 aliphatic carbocycles. The molecule has 1 aliphatic heterocycles. The summed E-state index contributed by atoms with van der Waals surface area (Å²) < 4.78 is 13.1. The van der Waals surface area contributed by atoms with E-state index in [2.05, 4.69) is 34.6 Å². The lowest BCUT2D eigenvalue weighted by atomic mass is 10.2. The van der Waals surface area contributed by atoms with Crippen LogP contribution in [-0.2, 0) is 23.1 Å². The zero-order chi connectivity index (χ0) is 16.8. The van der Waals surface area contributed by atoms with E-state index < -0.39 is 0 Å². The van der Waals surface area contributed by atoms with Crippen LogP contribution in [0.3, 0.4) is 0 Å². The Labute approximate surface area is 138 Å². The summed E-state index contributed by atoms with van der Waals surface area (Å²) in [6, 6.07) is 0.179. The van der Waals surface area contributed by atoms with Gasteiger partial charge in [-0.3, -0.25) is 9.67 Å². The number of nitrogens with one attached hydrogen (secondary N) is 2. The van der Waals surface area contributed by atoms with Gasteiger partial charge in [0.05, 0.1) is 25.0 Å². The molecule has 0 bridgehead atoms. The first-order valence-corrected chi connectivity index (χ1v) is 8.16. The Morgan fingerprint density at radius 1 is 1.52 bits per heavy atom. The highest BCUT2D eigenvalue weighted by Crippen LogP contribution is 2.11. The van der Waals surface area contributed by atoms with Gasteiger partial charge in [-0.15, -0.1) is 0 Å².